The summed E-state index contributed by atoms with van der Waals surface area (Å²) in [5, 5.41) is 25.6. The zero-order valence-electron chi connectivity index (χ0n) is 16.1. The lowest BCUT2D eigenvalue weighted by atomic mass is 9.89. The van der Waals surface area contributed by atoms with Gasteiger partial charge in [0.05, 0.1) is 11.0 Å². The highest BCUT2D eigenvalue weighted by atomic mass is 16.6. The minimum Gasteiger partial charge on any atom is -0.358 e. The average Bonchev–Trinajstić information content (AvgIpc) is 3.40. The summed E-state index contributed by atoms with van der Waals surface area (Å²) in [5.41, 5.74) is 1.08. The molecule has 31 heavy (non-hydrogen) atoms. The van der Waals surface area contributed by atoms with Gasteiger partial charge < -0.3 is 4.98 Å². The summed E-state index contributed by atoms with van der Waals surface area (Å²) < 4.78 is 1.19. The first-order valence-corrected chi connectivity index (χ1v) is 9.11. The summed E-state index contributed by atoms with van der Waals surface area (Å²) in [7, 11) is 0. The molecule has 0 aliphatic carbocycles. The molecule has 1 unspecified atom stereocenters. The zero-order valence-corrected chi connectivity index (χ0v) is 16.1. The molecule has 4 rings (SSSR count). The number of ketones is 2. The molecule has 0 saturated carbocycles. The number of aryl methyl sites for hydroxylation is 1. The van der Waals surface area contributed by atoms with Crippen LogP contribution in [0.2, 0.25) is 0 Å². The molecule has 10 heteroatoms. The molecular weight excluding hydrogens is 400 g/mol. The Kier molecular flexibility index (Phi) is 4.85. The largest absolute Gasteiger partial charge is 0.358 e. The van der Waals surface area contributed by atoms with Gasteiger partial charge in [0.2, 0.25) is 0 Å². The number of nitriles is 1. The lowest BCUT2D eigenvalue weighted by Gasteiger charge is -2.09. The van der Waals surface area contributed by atoms with Gasteiger partial charge in [-0.1, -0.05) is 18.2 Å². The fourth-order valence-corrected chi connectivity index (χ4v) is 3.49. The van der Waals surface area contributed by atoms with Crippen LogP contribution < -0.4 is 0 Å². The summed E-state index contributed by atoms with van der Waals surface area (Å²) in [6, 6.07) is 12.5. The summed E-state index contributed by atoms with van der Waals surface area (Å²) in [6.07, 6.45) is 2.50. The van der Waals surface area contributed by atoms with Crippen LogP contribution in [-0.2, 0) is 0 Å². The maximum Gasteiger partial charge on any atom is 0.295 e. The summed E-state index contributed by atoms with van der Waals surface area (Å²) >= 11 is 0. The number of H-pyrrole nitrogens is 1. The number of hydrogen-bond donors (Lipinski definition) is 1. The minimum absolute atomic E-state index is 0.103. The molecule has 1 atom stereocenters. The van der Waals surface area contributed by atoms with Crippen molar-refractivity contribution in [1.82, 2.24) is 19.7 Å². The van der Waals surface area contributed by atoms with E-state index in [9.17, 15) is 25.0 Å². The second-order valence-electron chi connectivity index (χ2n) is 6.76. The number of nitro groups is 1. The number of carbonyl (C=O) groups excluding carboxylic acids is 2. The molecule has 0 radical (unpaired) electrons. The quantitative estimate of drug-likeness (QED) is 0.220. The van der Waals surface area contributed by atoms with Crippen LogP contribution in [0.25, 0.3) is 16.6 Å². The number of aromatic amines is 1. The molecule has 0 aliphatic rings. The number of carbonyl (C=O) groups is 2. The van der Waals surface area contributed by atoms with Gasteiger partial charge in [-0.3, -0.25) is 19.7 Å². The third kappa shape index (κ3) is 3.34. The van der Waals surface area contributed by atoms with Gasteiger partial charge in [-0.2, -0.15) is 10.4 Å². The number of aromatic nitrogens is 4. The number of nitrogens with one attached hydrogen (secondary N) is 1. The molecule has 0 aliphatic heterocycles. The Morgan fingerprint density at radius 2 is 2.00 bits per heavy atom. The number of nitrogens with zero attached hydrogens (tertiary/aromatic N) is 5. The molecule has 0 fully saturated rings. The van der Waals surface area contributed by atoms with Gasteiger partial charge in [-0.15, -0.1) is 0 Å². The second-order valence-corrected chi connectivity index (χ2v) is 6.76. The Morgan fingerprint density at radius 3 is 2.68 bits per heavy atom. The summed E-state index contributed by atoms with van der Waals surface area (Å²) in [5.74, 6) is -3.12. The molecule has 0 saturated heterocycles. The molecule has 2 aromatic heterocycles. The van der Waals surface area contributed by atoms with E-state index in [4.69, 9.17) is 0 Å². The average molecular weight is 414 g/mol. The number of fused-ring (bicyclic) bond motifs is 1. The van der Waals surface area contributed by atoms with Gasteiger partial charge in [0.1, 0.15) is 18.3 Å². The highest BCUT2D eigenvalue weighted by molar-refractivity contribution is 6.22. The van der Waals surface area contributed by atoms with E-state index in [1.165, 1.54) is 29.5 Å². The number of rotatable bonds is 6. The van der Waals surface area contributed by atoms with Crippen molar-refractivity contribution >= 4 is 28.2 Å². The van der Waals surface area contributed by atoms with E-state index >= 15 is 0 Å². The third-order valence-electron chi connectivity index (χ3n) is 4.92. The molecule has 152 valence electrons. The van der Waals surface area contributed by atoms with Gasteiger partial charge in [-0.25, -0.2) is 9.67 Å². The third-order valence-corrected chi connectivity index (χ3v) is 4.92. The van der Waals surface area contributed by atoms with Gasteiger partial charge in [0.15, 0.2) is 17.5 Å². The molecule has 2 aromatic carbocycles. The van der Waals surface area contributed by atoms with Crippen LogP contribution in [0, 0.1) is 34.3 Å². The van der Waals surface area contributed by atoms with Crippen molar-refractivity contribution in [3.05, 3.63) is 82.1 Å². The lowest BCUT2D eigenvalue weighted by Crippen LogP contribution is -2.23. The number of para-hydroxylation sites is 1. The Morgan fingerprint density at radius 1 is 1.23 bits per heavy atom. The molecule has 2 heterocycles. The van der Waals surface area contributed by atoms with Crippen molar-refractivity contribution in [3.8, 4) is 11.8 Å². The lowest BCUT2D eigenvalue weighted by molar-refractivity contribution is -0.384. The molecular formula is C21H14N6O4. The smallest absolute Gasteiger partial charge is 0.295 e. The van der Waals surface area contributed by atoms with E-state index in [2.05, 4.69) is 15.1 Å². The van der Waals surface area contributed by atoms with E-state index in [0.717, 1.165) is 6.07 Å². The first kappa shape index (κ1) is 19.7. The van der Waals surface area contributed by atoms with Crippen LogP contribution in [0.4, 0.5) is 5.69 Å². The summed E-state index contributed by atoms with van der Waals surface area (Å²) in [6.45, 7) is 1.68. The topological polar surface area (TPSA) is 148 Å². The van der Waals surface area contributed by atoms with Gasteiger partial charge in [0, 0.05) is 33.8 Å². The van der Waals surface area contributed by atoms with Crippen molar-refractivity contribution in [1.29, 1.82) is 5.26 Å². The van der Waals surface area contributed by atoms with Crippen molar-refractivity contribution in [2.75, 3.05) is 0 Å². The van der Waals surface area contributed by atoms with Crippen LogP contribution in [0.15, 0.2) is 55.1 Å². The van der Waals surface area contributed by atoms with E-state index in [0.29, 0.717) is 16.6 Å². The number of benzene rings is 2. The molecule has 0 bridgehead atoms. The zero-order chi connectivity index (χ0) is 22.1. The molecule has 4 aromatic rings. The van der Waals surface area contributed by atoms with E-state index in [1.54, 1.807) is 37.3 Å². The van der Waals surface area contributed by atoms with E-state index in [1.807, 2.05) is 0 Å². The highest BCUT2D eigenvalue weighted by Crippen LogP contribution is 2.28. The van der Waals surface area contributed by atoms with Crippen molar-refractivity contribution in [2.45, 2.75) is 6.92 Å². The van der Waals surface area contributed by atoms with Crippen LogP contribution >= 0.6 is 0 Å². The number of Topliss-reactive ketones (excluding diaryl/α,β-unsaturated/α-hetero) is 2. The SMILES string of the molecule is Cc1[nH]c2ccccc2c1C(=O)C(C#N)C(=O)c1ccc(-n2cncn2)c([N+](=O)[O-])c1. The fraction of sp³-hybridized carbons (Fsp3) is 0.0952. The second kappa shape index (κ2) is 7.64. The molecule has 1 N–H and O–H groups in total. The van der Waals surface area contributed by atoms with Gasteiger partial charge in [-0.05, 0) is 25.1 Å². The van der Waals surface area contributed by atoms with Crippen LogP contribution in [0.3, 0.4) is 0 Å². The Bertz CT molecular complexity index is 1380. The maximum atomic E-state index is 13.1. The maximum absolute atomic E-state index is 13.1. The Labute approximate surface area is 174 Å². The van der Waals surface area contributed by atoms with Crippen LogP contribution in [0.1, 0.15) is 26.4 Å². The van der Waals surface area contributed by atoms with Gasteiger partial charge >= 0.3 is 0 Å². The monoisotopic (exact) mass is 414 g/mol. The molecule has 0 spiro atoms. The number of hydrogen-bond acceptors (Lipinski definition) is 7. The minimum atomic E-state index is -1.64. The van der Waals surface area contributed by atoms with Crippen LogP contribution in [-0.4, -0.2) is 36.2 Å². The van der Waals surface area contributed by atoms with Crippen molar-refractivity contribution in [2.24, 2.45) is 5.92 Å². The fourth-order valence-electron chi connectivity index (χ4n) is 3.49. The first-order chi connectivity index (χ1) is 14.9. The predicted octanol–water partition coefficient (Wildman–Crippen LogP) is 3.17. The Hall–Kier alpha value is -4.65. The van der Waals surface area contributed by atoms with Crippen molar-refractivity contribution < 1.29 is 14.5 Å². The Balaban J connectivity index is 1.75. The van der Waals surface area contributed by atoms with E-state index < -0.39 is 28.1 Å². The number of nitro benzene ring substituents is 1. The highest BCUT2D eigenvalue weighted by Gasteiger charge is 2.32. The van der Waals surface area contributed by atoms with E-state index in [-0.39, 0.29) is 16.8 Å². The van der Waals surface area contributed by atoms with Gasteiger partial charge in [0.25, 0.3) is 5.69 Å². The predicted molar refractivity (Wildman–Crippen MR) is 109 cm³/mol. The van der Waals surface area contributed by atoms with Crippen LogP contribution in [0.5, 0.6) is 0 Å². The van der Waals surface area contributed by atoms with Crippen molar-refractivity contribution in [3.63, 3.8) is 0 Å². The first-order valence-electron chi connectivity index (χ1n) is 9.11. The summed E-state index contributed by atoms with van der Waals surface area (Å²) in [4.78, 5) is 43.9. The normalized spacial score (nSPS) is 11.7. The standard InChI is InChI=1S/C21H14N6O4/c1-12-19(14-4-2-3-5-16(14)25-12)21(29)15(9-22)20(28)13-6-7-17(18(8-13)27(30)31)26-11-23-10-24-26/h2-8,10-11,15,25H,1H3. The molecule has 10 nitrogen and oxygen atoms in total. The molecule has 0 amide bonds.